The van der Waals surface area contributed by atoms with Crippen molar-refractivity contribution in [3.8, 4) is 0 Å². The van der Waals surface area contributed by atoms with Gasteiger partial charge in [-0.1, -0.05) is 0 Å². The van der Waals surface area contributed by atoms with Crippen LogP contribution in [-0.4, -0.2) is 23.5 Å². The molecule has 1 saturated carbocycles. The Morgan fingerprint density at radius 3 is 2.77 bits per heavy atom. The van der Waals surface area contributed by atoms with Gasteiger partial charge in [-0.15, -0.1) is 0 Å². The van der Waals surface area contributed by atoms with E-state index in [1.54, 1.807) is 0 Å². The molecule has 1 atom stereocenters. The molecule has 1 N–H and O–H groups in total. The number of carbonyl (C=O) groups is 2. The van der Waals surface area contributed by atoms with Gasteiger partial charge in [-0.2, -0.15) is 0 Å². The highest BCUT2D eigenvalue weighted by Crippen LogP contribution is 2.34. The number of cyclic esters (lactones) is 1. The molecule has 1 aliphatic carbocycles. The lowest BCUT2D eigenvalue weighted by molar-refractivity contribution is -0.148. The molecule has 1 unspecified atom stereocenters. The van der Waals surface area contributed by atoms with Gasteiger partial charge in [-0.25, -0.2) is 0 Å². The maximum atomic E-state index is 11.5. The van der Waals surface area contributed by atoms with Crippen LogP contribution >= 0.6 is 0 Å². The topological polar surface area (TPSA) is 55.4 Å². The zero-order valence-electron chi connectivity index (χ0n) is 7.63. The van der Waals surface area contributed by atoms with Crippen molar-refractivity contribution < 1.29 is 14.3 Å². The highest BCUT2D eigenvalue weighted by atomic mass is 16.6. The van der Waals surface area contributed by atoms with Gasteiger partial charge >= 0.3 is 5.97 Å². The first-order valence-electron chi connectivity index (χ1n) is 4.61. The summed E-state index contributed by atoms with van der Waals surface area (Å²) >= 11 is 0. The number of amides is 1. The number of ether oxygens (including phenoxy) is 1. The summed E-state index contributed by atoms with van der Waals surface area (Å²) in [6.07, 6.45) is 2.42. The van der Waals surface area contributed by atoms with E-state index in [1.807, 2.05) is 6.92 Å². The van der Waals surface area contributed by atoms with Gasteiger partial charge in [0.1, 0.15) is 0 Å². The second kappa shape index (κ2) is 2.72. The monoisotopic (exact) mass is 183 g/mol. The molecule has 0 spiro atoms. The third-order valence-electron chi connectivity index (χ3n) is 2.60. The molecule has 1 aliphatic heterocycles. The van der Waals surface area contributed by atoms with Crippen LogP contribution in [-0.2, 0) is 14.3 Å². The SMILES string of the molecule is CC1(NC(=O)C2CCC(=O)O2)CC1. The van der Waals surface area contributed by atoms with E-state index in [2.05, 4.69) is 5.32 Å². The molecular weight excluding hydrogens is 170 g/mol. The minimum absolute atomic E-state index is 0.0217. The second-order valence-electron chi connectivity index (χ2n) is 4.07. The van der Waals surface area contributed by atoms with Crippen molar-refractivity contribution in [1.82, 2.24) is 5.32 Å². The Balaban J connectivity index is 1.87. The molecule has 0 radical (unpaired) electrons. The fraction of sp³-hybridized carbons (Fsp3) is 0.778. The van der Waals surface area contributed by atoms with E-state index in [1.165, 1.54) is 0 Å². The fourth-order valence-corrected chi connectivity index (χ4v) is 1.40. The van der Waals surface area contributed by atoms with E-state index in [-0.39, 0.29) is 17.4 Å². The maximum Gasteiger partial charge on any atom is 0.306 e. The second-order valence-corrected chi connectivity index (χ2v) is 4.07. The van der Waals surface area contributed by atoms with Crippen LogP contribution in [0.25, 0.3) is 0 Å². The molecule has 0 aromatic carbocycles. The first-order chi connectivity index (χ1) is 6.09. The highest BCUT2D eigenvalue weighted by molar-refractivity contribution is 5.87. The zero-order valence-corrected chi connectivity index (χ0v) is 7.63. The quantitative estimate of drug-likeness (QED) is 0.629. The summed E-state index contributed by atoms with van der Waals surface area (Å²) in [4.78, 5) is 22.2. The third-order valence-corrected chi connectivity index (χ3v) is 2.60. The van der Waals surface area contributed by atoms with Crippen molar-refractivity contribution in [2.75, 3.05) is 0 Å². The fourth-order valence-electron chi connectivity index (χ4n) is 1.40. The Bertz CT molecular complexity index is 258. The van der Waals surface area contributed by atoms with Crippen molar-refractivity contribution in [3.63, 3.8) is 0 Å². The van der Waals surface area contributed by atoms with Gasteiger partial charge < -0.3 is 10.1 Å². The Morgan fingerprint density at radius 1 is 1.62 bits per heavy atom. The summed E-state index contributed by atoms with van der Waals surface area (Å²) in [5.74, 6) is -0.396. The lowest BCUT2D eigenvalue weighted by Crippen LogP contribution is -2.41. The van der Waals surface area contributed by atoms with E-state index >= 15 is 0 Å². The summed E-state index contributed by atoms with van der Waals surface area (Å²) in [5.41, 5.74) is -0.0217. The van der Waals surface area contributed by atoms with E-state index in [9.17, 15) is 9.59 Å². The van der Waals surface area contributed by atoms with E-state index in [0.717, 1.165) is 12.8 Å². The van der Waals surface area contributed by atoms with Crippen LogP contribution in [0, 0.1) is 0 Å². The molecular formula is C9H13NO3. The van der Waals surface area contributed by atoms with Crippen molar-refractivity contribution in [2.24, 2.45) is 0 Å². The third kappa shape index (κ3) is 1.82. The molecule has 4 heteroatoms. The Labute approximate surface area is 76.6 Å². The molecule has 13 heavy (non-hydrogen) atoms. The molecule has 0 aromatic rings. The predicted molar refractivity (Wildman–Crippen MR) is 44.9 cm³/mol. The number of nitrogens with one attached hydrogen (secondary N) is 1. The molecule has 2 rings (SSSR count). The first-order valence-corrected chi connectivity index (χ1v) is 4.61. The van der Waals surface area contributed by atoms with Gasteiger partial charge in [0, 0.05) is 18.4 Å². The largest absolute Gasteiger partial charge is 0.452 e. The van der Waals surface area contributed by atoms with Crippen LogP contribution in [0.3, 0.4) is 0 Å². The van der Waals surface area contributed by atoms with Crippen LogP contribution in [0.4, 0.5) is 0 Å². The average Bonchev–Trinajstić information content (AvgIpc) is 2.62. The van der Waals surface area contributed by atoms with Crippen LogP contribution in [0.2, 0.25) is 0 Å². The van der Waals surface area contributed by atoms with Gasteiger partial charge in [-0.3, -0.25) is 9.59 Å². The molecule has 1 amide bonds. The van der Waals surface area contributed by atoms with Crippen LogP contribution in [0.15, 0.2) is 0 Å². The van der Waals surface area contributed by atoms with Crippen LogP contribution < -0.4 is 5.32 Å². The number of hydrogen-bond donors (Lipinski definition) is 1. The van der Waals surface area contributed by atoms with Crippen molar-refractivity contribution in [3.05, 3.63) is 0 Å². The minimum Gasteiger partial charge on any atom is -0.452 e. The average molecular weight is 183 g/mol. The van der Waals surface area contributed by atoms with Gasteiger partial charge in [-0.05, 0) is 19.8 Å². The number of carbonyl (C=O) groups excluding carboxylic acids is 2. The molecule has 2 aliphatic rings. The normalized spacial score (nSPS) is 29.6. The smallest absolute Gasteiger partial charge is 0.306 e. The summed E-state index contributed by atoms with van der Waals surface area (Å²) in [5, 5.41) is 2.88. The van der Waals surface area contributed by atoms with Gasteiger partial charge in [0.2, 0.25) is 0 Å². The summed E-state index contributed by atoms with van der Waals surface area (Å²) in [7, 11) is 0. The molecule has 0 bridgehead atoms. The predicted octanol–water partition coefficient (Wildman–Crippen LogP) is 0.361. The molecule has 0 aromatic heterocycles. The van der Waals surface area contributed by atoms with Crippen LogP contribution in [0.1, 0.15) is 32.6 Å². The Hall–Kier alpha value is -1.06. The number of rotatable bonds is 2. The van der Waals surface area contributed by atoms with Gasteiger partial charge in [0.25, 0.3) is 5.91 Å². The molecule has 72 valence electrons. The zero-order chi connectivity index (χ0) is 9.47. The van der Waals surface area contributed by atoms with E-state index in [0.29, 0.717) is 12.8 Å². The van der Waals surface area contributed by atoms with Crippen molar-refractivity contribution in [1.29, 1.82) is 0 Å². The Kier molecular flexibility index (Phi) is 1.78. The number of hydrogen-bond acceptors (Lipinski definition) is 3. The lowest BCUT2D eigenvalue weighted by Gasteiger charge is -2.14. The van der Waals surface area contributed by atoms with E-state index < -0.39 is 6.10 Å². The van der Waals surface area contributed by atoms with Crippen molar-refractivity contribution >= 4 is 11.9 Å². The molecule has 1 heterocycles. The molecule has 4 nitrogen and oxygen atoms in total. The molecule has 1 saturated heterocycles. The van der Waals surface area contributed by atoms with Crippen molar-refractivity contribution in [2.45, 2.75) is 44.2 Å². The van der Waals surface area contributed by atoms with E-state index in [4.69, 9.17) is 4.74 Å². The standard InChI is InChI=1S/C9H13NO3/c1-9(4-5-9)10-8(12)6-2-3-7(11)13-6/h6H,2-5H2,1H3,(H,10,12). The summed E-state index contributed by atoms with van der Waals surface area (Å²) in [6, 6.07) is 0. The van der Waals surface area contributed by atoms with Gasteiger partial charge in [0.15, 0.2) is 6.10 Å². The Morgan fingerprint density at radius 2 is 2.31 bits per heavy atom. The summed E-state index contributed by atoms with van der Waals surface area (Å²) in [6.45, 7) is 2.00. The summed E-state index contributed by atoms with van der Waals surface area (Å²) < 4.78 is 4.85. The lowest BCUT2D eigenvalue weighted by atomic mass is 10.2. The highest BCUT2D eigenvalue weighted by Gasteiger charge is 2.41. The first kappa shape index (κ1) is 8.53. The van der Waals surface area contributed by atoms with Crippen LogP contribution in [0.5, 0.6) is 0 Å². The minimum atomic E-state index is -0.537. The molecule has 2 fully saturated rings. The van der Waals surface area contributed by atoms with Gasteiger partial charge in [0.05, 0.1) is 0 Å². The number of esters is 1. The maximum absolute atomic E-state index is 11.5.